The van der Waals surface area contributed by atoms with Gasteiger partial charge in [-0.1, -0.05) is 23.7 Å². The van der Waals surface area contributed by atoms with E-state index in [0.29, 0.717) is 16.6 Å². The molecule has 0 spiro atoms. The van der Waals surface area contributed by atoms with Crippen molar-refractivity contribution in [1.82, 2.24) is 14.8 Å². The molecule has 0 amide bonds. The summed E-state index contributed by atoms with van der Waals surface area (Å²) in [5.41, 5.74) is 2.07. The van der Waals surface area contributed by atoms with Crippen molar-refractivity contribution in [3.05, 3.63) is 75.5 Å². The summed E-state index contributed by atoms with van der Waals surface area (Å²) in [5.74, 6) is 1.34. The quantitative estimate of drug-likeness (QED) is 0.678. The van der Waals surface area contributed by atoms with Gasteiger partial charge in [-0.15, -0.1) is 0 Å². The predicted octanol–water partition coefficient (Wildman–Crippen LogP) is 4.99. The van der Waals surface area contributed by atoms with Crippen molar-refractivity contribution in [2.24, 2.45) is 0 Å². The Morgan fingerprint density at radius 3 is 2.48 bits per heavy atom. The summed E-state index contributed by atoms with van der Waals surface area (Å²) < 4.78 is 15.6. The van der Waals surface area contributed by atoms with Crippen LogP contribution >= 0.6 is 23.8 Å². The summed E-state index contributed by atoms with van der Waals surface area (Å²) in [5, 5.41) is 7.99. The van der Waals surface area contributed by atoms with E-state index < -0.39 is 0 Å². The molecule has 0 unspecified atom stereocenters. The van der Waals surface area contributed by atoms with Gasteiger partial charge >= 0.3 is 0 Å². The minimum absolute atomic E-state index is 0.268. The number of halogens is 2. The number of aromatic nitrogens is 3. The average molecular weight is 346 g/mol. The van der Waals surface area contributed by atoms with Crippen LogP contribution in [0.5, 0.6) is 0 Å². The minimum Gasteiger partial charge on any atom is -0.272 e. The normalized spacial score (nSPS) is 19.7. The highest BCUT2D eigenvalue weighted by molar-refractivity contribution is 7.71. The molecule has 0 aliphatic heterocycles. The Morgan fingerprint density at radius 2 is 1.78 bits per heavy atom. The second-order valence-corrected chi connectivity index (χ2v) is 6.52. The molecule has 1 fully saturated rings. The van der Waals surface area contributed by atoms with Crippen molar-refractivity contribution in [1.29, 1.82) is 0 Å². The first-order valence-electron chi connectivity index (χ1n) is 7.32. The molecular formula is C17H13ClFN3S. The summed E-state index contributed by atoms with van der Waals surface area (Å²) in [6, 6.07) is 14.2. The maximum Gasteiger partial charge on any atom is 0.199 e. The molecule has 1 aliphatic rings. The largest absolute Gasteiger partial charge is 0.272 e. The molecule has 6 heteroatoms. The Kier molecular flexibility index (Phi) is 3.54. The molecule has 0 saturated heterocycles. The maximum absolute atomic E-state index is 13.1. The first-order chi connectivity index (χ1) is 11.1. The molecule has 1 aliphatic carbocycles. The fraction of sp³-hybridized carbons (Fsp3) is 0.176. The molecule has 1 heterocycles. The van der Waals surface area contributed by atoms with Gasteiger partial charge in [0.2, 0.25) is 0 Å². The van der Waals surface area contributed by atoms with Crippen LogP contribution in [-0.4, -0.2) is 14.8 Å². The van der Waals surface area contributed by atoms with Gasteiger partial charge in [0.1, 0.15) is 11.6 Å². The van der Waals surface area contributed by atoms with Crippen LogP contribution in [0.4, 0.5) is 4.39 Å². The number of H-pyrrole nitrogens is 1. The lowest BCUT2D eigenvalue weighted by molar-refractivity contribution is 0.627. The van der Waals surface area contributed by atoms with Crippen molar-refractivity contribution in [2.45, 2.75) is 18.3 Å². The fourth-order valence-electron chi connectivity index (χ4n) is 2.96. The van der Waals surface area contributed by atoms with E-state index in [1.165, 1.54) is 17.7 Å². The predicted molar refractivity (Wildman–Crippen MR) is 90.3 cm³/mol. The monoisotopic (exact) mass is 345 g/mol. The zero-order chi connectivity index (χ0) is 16.0. The van der Waals surface area contributed by atoms with E-state index in [1.807, 2.05) is 16.7 Å². The van der Waals surface area contributed by atoms with Gasteiger partial charge in [-0.2, -0.15) is 5.10 Å². The molecular weight excluding hydrogens is 333 g/mol. The lowest BCUT2D eigenvalue weighted by atomic mass is 10.1. The van der Waals surface area contributed by atoms with Crippen LogP contribution < -0.4 is 0 Å². The van der Waals surface area contributed by atoms with Crippen LogP contribution in [0.3, 0.4) is 0 Å². The Labute approximate surface area is 142 Å². The second-order valence-electron chi connectivity index (χ2n) is 5.70. The Bertz CT molecular complexity index is 899. The zero-order valence-corrected chi connectivity index (χ0v) is 13.6. The van der Waals surface area contributed by atoms with Gasteiger partial charge in [-0.25, -0.2) is 4.39 Å². The molecule has 116 valence electrons. The summed E-state index contributed by atoms with van der Waals surface area (Å²) in [4.78, 5) is 0. The highest BCUT2D eigenvalue weighted by atomic mass is 35.5. The van der Waals surface area contributed by atoms with Gasteiger partial charge in [0.25, 0.3) is 0 Å². The smallest absolute Gasteiger partial charge is 0.199 e. The summed E-state index contributed by atoms with van der Waals surface area (Å²) in [6.07, 6.45) is 1.02. The summed E-state index contributed by atoms with van der Waals surface area (Å²) in [6.45, 7) is 0. The van der Waals surface area contributed by atoms with Crippen LogP contribution in [0.25, 0.3) is 5.69 Å². The van der Waals surface area contributed by atoms with E-state index in [4.69, 9.17) is 23.8 Å². The van der Waals surface area contributed by atoms with Crippen LogP contribution in [-0.2, 0) is 0 Å². The van der Waals surface area contributed by atoms with E-state index in [2.05, 4.69) is 22.3 Å². The minimum atomic E-state index is -0.268. The average Bonchev–Trinajstić information content (AvgIpc) is 3.25. The van der Waals surface area contributed by atoms with Gasteiger partial charge in [-0.05, 0) is 66.5 Å². The highest BCUT2D eigenvalue weighted by Crippen LogP contribution is 2.54. The van der Waals surface area contributed by atoms with E-state index in [9.17, 15) is 4.39 Å². The maximum atomic E-state index is 13.1. The third-order valence-corrected chi connectivity index (χ3v) is 4.73. The first kappa shape index (κ1) is 14.6. The third-order valence-electron chi connectivity index (χ3n) is 4.20. The van der Waals surface area contributed by atoms with Crippen molar-refractivity contribution in [2.75, 3.05) is 0 Å². The van der Waals surface area contributed by atoms with E-state index in [0.717, 1.165) is 23.0 Å². The highest BCUT2D eigenvalue weighted by Gasteiger charge is 2.43. The standard InChI is InChI=1S/C17H13ClFN3S/c18-11-3-1-10(2-4-11)14-9-15(14)16-20-21-17(23)22(16)13-7-5-12(19)6-8-13/h1-8,14-15H,9H2,(H,21,23)/t14-,15+/m0/s1. The van der Waals surface area contributed by atoms with Gasteiger partial charge < -0.3 is 0 Å². The molecule has 1 aromatic heterocycles. The number of nitrogens with one attached hydrogen (secondary N) is 1. The lowest BCUT2D eigenvalue weighted by Crippen LogP contribution is -2.01. The SMILES string of the molecule is Fc1ccc(-n2c([C@@H]3C[C@H]3c3ccc(Cl)cc3)n[nH]c2=S)cc1. The zero-order valence-electron chi connectivity index (χ0n) is 12.0. The molecule has 1 saturated carbocycles. The van der Waals surface area contributed by atoms with Gasteiger partial charge in [0.15, 0.2) is 4.77 Å². The number of hydrogen-bond acceptors (Lipinski definition) is 2. The lowest BCUT2D eigenvalue weighted by Gasteiger charge is -2.07. The topological polar surface area (TPSA) is 33.6 Å². The molecule has 3 nitrogen and oxygen atoms in total. The molecule has 2 aromatic carbocycles. The Balaban J connectivity index is 1.68. The van der Waals surface area contributed by atoms with Crippen LogP contribution in [0.1, 0.15) is 29.6 Å². The van der Waals surface area contributed by atoms with Gasteiger partial charge in [0.05, 0.1) is 0 Å². The molecule has 0 bridgehead atoms. The third kappa shape index (κ3) is 2.71. The van der Waals surface area contributed by atoms with Crippen LogP contribution in [0.15, 0.2) is 48.5 Å². The summed E-state index contributed by atoms with van der Waals surface area (Å²) in [7, 11) is 0. The number of benzene rings is 2. The van der Waals surface area contributed by atoms with E-state index in [1.54, 1.807) is 12.1 Å². The fourth-order valence-corrected chi connectivity index (χ4v) is 3.33. The second kappa shape index (κ2) is 5.58. The molecule has 1 N–H and O–H groups in total. The Morgan fingerprint density at radius 1 is 1.09 bits per heavy atom. The van der Waals surface area contributed by atoms with Crippen molar-refractivity contribution in [3.8, 4) is 5.69 Å². The number of rotatable bonds is 3. The molecule has 23 heavy (non-hydrogen) atoms. The van der Waals surface area contributed by atoms with Gasteiger partial charge in [-0.3, -0.25) is 9.67 Å². The molecule has 2 atom stereocenters. The summed E-state index contributed by atoms with van der Waals surface area (Å²) >= 11 is 11.3. The molecule has 4 rings (SSSR count). The van der Waals surface area contributed by atoms with Crippen molar-refractivity contribution in [3.63, 3.8) is 0 Å². The molecule has 0 radical (unpaired) electrons. The van der Waals surface area contributed by atoms with Crippen LogP contribution in [0, 0.1) is 10.6 Å². The molecule has 3 aromatic rings. The number of aromatic amines is 1. The van der Waals surface area contributed by atoms with Gasteiger partial charge in [0, 0.05) is 16.6 Å². The van der Waals surface area contributed by atoms with Crippen molar-refractivity contribution >= 4 is 23.8 Å². The van der Waals surface area contributed by atoms with E-state index >= 15 is 0 Å². The van der Waals surface area contributed by atoms with Crippen LogP contribution in [0.2, 0.25) is 5.02 Å². The first-order valence-corrected chi connectivity index (χ1v) is 8.11. The number of hydrogen-bond donors (Lipinski definition) is 1. The van der Waals surface area contributed by atoms with Crippen molar-refractivity contribution < 1.29 is 4.39 Å². The Hall–Kier alpha value is -1.98. The number of nitrogens with zero attached hydrogens (tertiary/aromatic N) is 2. The van der Waals surface area contributed by atoms with E-state index in [-0.39, 0.29) is 5.82 Å².